The number of aromatic nitrogens is 2. The van der Waals surface area contributed by atoms with Crippen LogP contribution in [0.4, 0.5) is 0 Å². The zero-order chi connectivity index (χ0) is 20.1. The van der Waals surface area contributed by atoms with E-state index in [1.54, 1.807) is 12.1 Å². The van der Waals surface area contributed by atoms with E-state index >= 15 is 0 Å². The van der Waals surface area contributed by atoms with Crippen molar-refractivity contribution in [3.8, 4) is 11.5 Å². The number of rotatable bonds is 7. The monoisotopic (exact) mass is 428 g/mol. The standard InChI is InChI=1S/C21H21ClN4O2S/c22-17-8-6-16(7-9-17)20-24-25-21(28-20)29-14-19(27)23-18-10-11-26(13-18)12-15-4-2-1-3-5-15/h1-9,18H,10-14H2,(H,23,27). The van der Waals surface area contributed by atoms with Gasteiger partial charge in [0.05, 0.1) is 5.75 Å². The van der Waals surface area contributed by atoms with Crippen LogP contribution in [0.3, 0.4) is 0 Å². The van der Waals surface area contributed by atoms with Crippen molar-refractivity contribution in [1.82, 2.24) is 20.4 Å². The van der Waals surface area contributed by atoms with Crippen molar-refractivity contribution in [2.45, 2.75) is 24.2 Å². The number of nitrogens with one attached hydrogen (secondary N) is 1. The fraction of sp³-hybridized carbons (Fsp3) is 0.286. The van der Waals surface area contributed by atoms with Gasteiger partial charge in [-0.3, -0.25) is 9.69 Å². The van der Waals surface area contributed by atoms with Gasteiger partial charge in [0.2, 0.25) is 11.8 Å². The molecule has 2 aromatic carbocycles. The van der Waals surface area contributed by atoms with Crippen LogP contribution in [-0.4, -0.2) is 45.9 Å². The van der Waals surface area contributed by atoms with Gasteiger partial charge < -0.3 is 9.73 Å². The van der Waals surface area contributed by atoms with Crippen molar-refractivity contribution >= 4 is 29.3 Å². The van der Waals surface area contributed by atoms with Crippen LogP contribution in [0, 0.1) is 0 Å². The molecule has 1 aliphatic rings. The molecule has 4 rings (SSSR count). The van der Waals surface area contributed by atoms with E-state index in [1.165, 1.54) is 17.3 Å². The van der Waals surface area contributed by atoms with E-state index < -0.39 is 0 Å². The Morgan fingerprint density at radius 1 is 1.17 bits per heavy atom. The smallest absolute Gasteiger partial charge is 0.277 e. The highest BCUT2D eigenvalue weighted by atomic mass is 35.5. The molecule has 1 amide bonds. The molecule has 1 fully saturated rings. The Hall–Kier alpha value is -2.35. The van der Waals surface area contributed by atoms with Crippen LogP contribution in [0.2, 0.25) is 5.02 Å². The Labute approximate surface area is 178 Å². The van der Waals surface area contributed by atoms with E-state index in [1.807, 2.05) is 18.2 Å². The summed E-state index contributed by atoms with van der Waals surface area (Å²) in [5.41, 5.74) is 2.09. The van der Waals surface area contributed by atoms with Gasteiger partial charge >= 0.3 is 0 Å². The molecule has 1 aliphatic heterocycles. The largest absolute Gasteiger partial charge is 0.411 e. The number of nitrogens with zero attached hydrogens (tertiary/aromatic N) is 3. The number of halogens is 1. The van der Waals surface area contributed by atoms with Gasteiger partial charge in [-0.2, -0.15) is 0 Å². The minimum atomic E-state index is -0.0206. The van der Waals surface area contributed by atoms with Gasteiger partial charge in [0.25, 0.3) is 5.22 Å². The number of benzene rings is 2. The third-order valence-electron chi connectivity index (χ3n) is 4.71. The SMILES string of the molecule is O=C(CSc1nnc(-c2ccc(Cl)cc2)o1)NC1CCN(Cc2ccccc2)C1. The Balaban J connectivity index is 1.22. The topological polar surface area (TPSA) is 71.3 Å². The quantitative estimate of drug-likeness (QED) is 0.576. The summed E-state index contributed by atoms with van der Waals surface area (Å²) in [4.78, 5) is 14.7. The third-order valence-corrected chi connectivity index (χ3v) is 5.78. The zero-order valence-corrected chi connectivity index (χ0v) is 17.3. The summed E-state index contributed by atoms with van der Waals surface area (Å²) in [7, 11) is 0. The molecule has 8 heteroatoms. The molecule has 0 radical (unpaired) electrons. The maximum atomic E-state index is 12.3. The first-order chi connectivity index (χ1) is 14.2. The maximum Gasteiger partial charge on any atom is 0.277 e. The van der Waals surface area contributed by atoms with Gasteiger partial charge in [0.15, 0.2) is 0 Å². The van der Waals surface area contributed by atoms with Crippen LogP contribution >= 0.6 is 23.4 Å². The molecular formula is C21H21ClN4O2S. The number of likely N-dealkylation sites (tertiary alicyclic amines) is 1. The van der Waals surface area contributed by atoms with E-state index in [0.717, 1.165) is 31.6 Å². The van der Waals surface area contributed by atoms with Gasteiger partial charge in [-0.25, -0.2) is 0 Å². The molecule has 2 heterocycles. The Morgan fingerprint density at radius 2 is 1.97 bits per heavy atom. The van der Waals surface area contributed by atoms with Gasteiger partial charge in [-0.1, -0.05) is 53.7 Å². The van der Waals surface area contributed by atoms with Crippen LogP contribution in [0.15, 0.2) is 64.2 Å². The van der Waals surface area contributed by atoms with Crippen LogP contribution in [-0.2, 0) is 11.3 Å². The minimum Gasteiger partial charge on any atom is -0.411 e. The molecule has 1 unspecified atom stereocenters. The molecular weight excluding hydrogens is 408 g/mol. The Bertz CT molecular complexity index is 949. The molecule has 0 aliphatic carbocycles. The Morgan fingerprint density at radius 3 is 2.76 bits per heavy atom. The second-order valence-electron chi connectivity index (χ2n) is 6.94. The van der Waals surface area contributed by atoms with E-state index in [0.29, 0.717) is 16.1 Å². The molecule has 0 saturated carbocycles. The number of hydrogen-bond acceptors (Lipinski definition) is 6. The van der Waals surface area contributed by atoms with Crippen molar-refractivity contribution in [1.29, 1.82) is 0 Å². The number of hydrogen-bond donors (Lipinski definition) is 1. The molecule has 0 bridgehead atoms. The van der Waals surface area contributed by atoms with E-state index in [-0.39, 0.29) is 17.7 Å². The predicted octanol–water partition coefficient (Wildman–Crippen LogP) is 3.87. The lowest BCUT2D eigenvalue weighted by molar-refractivity contribution is -0.119. The molecule has 29 heavy (non-hydrogen) atoms. The zero-order valence-electron chi connectivity index (χ0n) is 15.8. The van der Waals surface area contributed by atoms with Crippen LogP contribution in [0.1, 0.15) is 12.0 Å². The number of carbonyl (C=O) groups is 1. The van der Waals surface area contributed by atoms with Crippen LogP contribution in [0.5, 0.6) is 0 Å². The number of amides is 1. The van der Waals surface area contributed by atoms with E-state index in [4.69, 9.17) is 16.0 Å². The molecule has 6 nitrogen and oxygen atoms in total. The second kappa shape index (κ2) is 9.43. The number of carbonyl (C=O) groups excluding carboxylic acids is 1. The molecule has 0 spiro atoms. The number of thioether (sulfide) groups is 1. The summed E-state index contributed by atoms with van der Waals surface area (Å²) in [6.45, 7) is 2.77. The first-order valence-electron chi connectivity index (χ1n) is 9.43. The first-order valence-corrected chi connectivity index (χ1v) is 10.8. The van der Waals surface area contributed by atoms with Crippen molar-refractivity contribution in [2.24, 2.45) is 0 Å². The van der Waals surface area contributed by atoms with Gasteiger partial charge in [-0.05, 0) is 36.2 Å². The van der Waals surface area contributed by atoms with Crippen molar-refractivity contribution in [3.05, 3.63) is 65.2 Å². The average molecular weight is 429 g/mol. The minimum absolute atomic E-state index is 0.0206. The molecule has 1 atom stereocenters. The van der Waals surface area contributed by atoms with Gasteiger partial charge in [0, 0.05) is 36.3 Å². The molecule has 3 aromatic rings. The lowest BCUT2D eigenvalue weighted by Crippen LogP contribution is -2.37. The lowest BCUT2D eigenvalue weighted by Gasteiger charge is -2.16. The summed E-state index contributed by atoms with van der Waals surface area (Å²) < 4.78 is 5.62. The lowest BCUT2D eigenvalue weighted by atomic mass is 10.2. The summed E-state index contributed by atoms with van der Waals surface area (Å²) in [6, 6.07) is 17.7. The van der Waals surface area contributed by atoms with E-state index in [2.05, 4.69) is 44.7 Å². The highest BCUT2D eigenvalue weighted by molar-refractivity contribution is 7.99. The molecule has 1 saturated heterocycles. The predicted molar refractivity (Wildman–Crippen MR) is 114 cm³/mol. The van der Waals surface area contributed by atoms with Crippen molar-refractivity contribution < 1.29 is 9.21 Å². The highest BCUT2D eigenvalue weighted by Gasteiger charge is 2.24. The van der Waals surface area contributed by atoms with Crippen molar-refractivity contribution in [2.75, 3.05) is 18.8 Å². The molecule has 1 N–H and O–H groups in total. The van der Waals surface area contributed by atoms with Crippen LogP contribution in [0.25, 0.3) is 11.5 Å². The Kier molecular flexibility index (Phi) is 6.49. The third kappa shape index (κ3) is 5.59. The van der Waals surface area contributed by atoms with Crippen molar-refractivity contribution in [3.63, 3.8) is 0 Å². The average Bonchev–Trinajstić information content (AvgIpc) is 3.37. The summed E-state index contributed by atoms with van der Waals surface area (Å²) >= 11 is 7.13. The maximum absolute atomic E-state index is 12.3. The van der Waals surface area contributed by atoms with Gasteiger partial charge in [-0.15, -0.1) is 10.2 Å². The fourth-order valence-electron chi connectivity index (χ4n) is 3.31. The first kappa shape index (κ1) is 19.9. The summed E-state index contributed by atoms with van der Waals surface area (Å²) in [5.74, 6) is 0.641. The van der Waals surface area contributed by atoms with Gasteiger partial charge in [0.1, 0.15) is 0 Å². The second-order valence-corrected chi connectivity index (χ2v) is 8.31. The summed E-state index contributed by atoms with van der Waals surface area (Å²) in [5, 5.41) is 12.2. The van der Waals surface area contributed by atoms with Crippen LogP contribution < -0.4 is 5.32 Å². The fourth-order valence-corrected chi connectivity index (χ4v) is 4.01. The summed E-state index contributed by atoms with van der Waals surface area (Å²) in [6.07, 6.45) is 0.963. The molecule has 1 aromatic heterocycles. The highest BCUT2D eigenvalue weighted by Crippen LogP contribution is 2.24. The normalized spacial score (nSPS) is 16.8. The molecule has 150 valence electrons. The van der Waals surface area contributed by atoms with E-state index in [9.17, 15) is 4.79 Å².